The van der Waals surface area contributed by atoms with E-state index >= 15 is 0 Å². The second kappa shape index (κ2) is 9.96. The van der Waals surface area contributed by atoms with E-state index in [0.29, 0.717) is 28.5 Å². The molecule has 2 N–H and O–H groups in total. The third-order valence-electron chi connectivity index (χ3n) is 8.18. The summed E-state index contributed by atoms with van der Waals surface area (Å²) in [5.74, 6) is -0.440. The molecule has 1 unspecified atom stereocenters. The Labute approximate surface area is 225 Å². The molecule has 206 valence electrons. The lowest BCUT2D eigenvalue weighted by Gasteiger charge is -2.41. The number of fused-ring (bicyclic) bond motifs is 2. The van der Waals surface area contributed by atoms with Crippen LogP contribution in [0.3, 0.4) is 0 Å². The molecule has 10 nitrogen and oxygen atoms in total. The highest BCUT2D eigenvalue weighted by Crippen LogP contribution is 2.38. The average molecular weight is 537 g/mol. The lowest BCUT2D eigenvalue weighted by molar-refractivity contribution is -0.0712. The lowest BCUT2D eigenvalue weighted by Crippen LogP contribution is -2.51. The van der Waals surface area contributed by atoms with E-state index in [9.17, 15) is 19.1 Å². The molecule has 3 aliphatic heterocycles. The molecule has 39 heavy (non-hydrogen) atoms. The van der Waals surface area contributed by atoms with Gasteiger partial charge in [-0.05, 0) is 75.0 Å². The van der Waals surface area contributed by atoms with Crippen LogP contribution < -0.4 is 5.32 Å². The zero-order valence-corrected chi connectivity index (χ0v) is 22.1. The van der Waals surface area contributed by atoms with Crippen molar-refractivity contribution in [1.29, 1.82) is 0 Å². The quantitative estimate of drug-likeness (QED) is 0.478. The lowest BCUT2D eigenvalue weighted by atomic mass is 9.86. The number of hydrogen-bond donors (Lipinski definition) is 2. The van der Waals surface area contributed by atoms with Gasteiger partial charge in [0.2, 0.25) is 0 Å². The van der Waals surface area contributed by atoms with Gasteiger partial charge < -0.3 is 20.1 Å². The van der Waals surface area contributed by atoms with Gasteiger partial charge in [0, 0.05) is 30.2 Å². The predicted octanol–water partition coefficient (Wildman–Crippen LogP) is 2.62. The van der Waals surface area contributed by atoms with E-state index in [0.717, 1.165) is 50.3 Å². The highest BCUT2D eigenvalue weighted by atomic mass is 19.1. The maximum atomic E-state index is 14.7. The highest BCUT2D eigenvalue weighted by Gasteiger charge is 2.37. The number of likely N-dealkylation sites (tertiary alicyclic amines) is 1. The van der Waals surface area contributed by atoms with Crippen LogP contribution in [0.2, 0.25) is 0 Å². The van der Waals surface area contributed by atoms with Crippen LogP contribution in [-0.4, -0.2) is 92.0 Å². The van der Waals surface area contributed by atoms with E-state index in [-0.39, 0.29) is 30.8 Å². The van der Waals surface area contributed by atoms with Crippen molar-refractivity contribution in [3.8, 4) is 0 Å². The van der Waals surface area contributed by atoms with Crippen LogP contribution in [0, 0.1) is 0 Å². The van der Waals surface area contributed by atoms with Gasteiger partial charge in [-0.3, -0.25) is 14.5 Å². The number of anilines is 1. The second-order valence-electron chi connectivity index (χ2n) is 11.3. The zero-order valence-electron chi connectivity index (χ0n) is 22.1. The Morgan fingerprint density at radius 2 is 2.05 bits per heavy atom. The molecule has 1 atom stereocenters. The van der Waals surface area contributed by atoms with Crippen LogP contribution >= 0.6 is 0 Å². The summed E-state index contributed by atoms with van der Waals surface area (Å²) in [6.45, 7) is 6.16. The van der Waals surface area contributed by atoms with Crippen LogP contribution in [0.15, 0.2) is 36.8 Å². The monoisotopic (exact) mass is 536 g/mol. The van der Waals surface area contributed by atoms with Crippen LogP contribution in [0.25, 0.3) is 5.65 Å². The SMILES string of the molecule is CC(C)(O)C(F)CN1Cc2cc(NC(=O)c3cnn4cccnc34)c(C3CCN(C4COC4)CC3)cc2C1=O. The maximum Gasteiger partial charge on any atom is 0.261 e. The molecule has 1 aromatic carbocycles. The van der Waals surface area contributed by atoms with E-state index in [1.807, 2.05) is 12.1 Å². The highest BCUT2D eigenvalue weighted by molar-refractivity contribution is 6.09. The Morgan fingerprint density at radius 1 is 1.28 bits per heavy atom. The van der Waals surface area contributed by atoms with Gasteiger partial charge in [0.25, 0.3) is 11.8 Å². The Balaban J connectivity index is 1.30. The van der Waals surface area contributed by atoms with Gasteiger partial charge in [-0.1, -0.05) is 0 Å². The number of alkyl halides is 1. The first kappa shape index (κ1) is 25.8. The van der Waals surface area contributed by atoms with Crippen molar-refractivity contribution in [3.05, 3.63) is 59.0 Å². The topological polar surface area (TPSA) is 112 Å². The molecule has 2 saturated heterocycles. The molecule has 0 spiro atoms. The largest absolute Gasteiger partial charge is 0.387 e. The Kier molecular flexibility index (Phi) is 6.60. The summed E-state index contributed by atoms with van der Waals surface area (Å²) in [5, 5.41) is 17.4. The molecule has 2 fully saturated rings. The number of carbonyl (C=O) groups is 2. The smallest absolute Gasteiger partial charge is 0.261 e. The molecule has 3 aliphatic rings. The number of nitrogens with zero attached hydrogens (tertiary/aromatic N) is 5. The number of ether oxygens (including phenoxy) is 1. The van der Waals surface area contributed by atoms with Gasteiger partial charge >= 0.3 is 0 Å². The van der Waals surface area contributed by atoms with Gasteiger partial charge in [-0.2, -0.15) is 5.10 Å². The van der Waals surface area contributed by atoms with Crippen molar-refractivity contribution in [3.63, 3.8) is 0 Å². The van der Waals surface area contributed by atoms with Crippen molar-refractivity contribution in [2.75, 3.05) is 38.2 Å². The second-order valence-corrected chi connectivity index (χ2v) is 11.3. The molecule has 11 heteroatoms. The number of nitrogens with one attached hydrogen (secondary N) is 1. The number of piperidine rings is 1. The van der Waals surface area contributed by atoms with Crippen molar-refractivity contribution in [1.82, 2.24) is 24.4 Å². The van der Waals surface area contributed by atoms with Crippen LogP contribution in [0.4, 0.5) is 10.1 Å². The van der Waals surface area contributed by atoms with E-state index < -0.39 is 11.8 Å². The standard InChI is InChI=1S/C28H33FN6O4/c1-28(2,38)24(29)14-34-13-18-10-23(32-26(36)22-12-31-35-7-3-6-30-25(22)35)20(11-21(18)27(34)37)17-4-8-33(9-5-17)19-15-39-16-19/h3,6-7,10-12,17,19,24,38H,4-5,8-9,13-16H2,1-2H3,(H,32,36). The van der Waals surface area contributed by atoms with Crippen molar-refractivity contribution < 1.29 is 23.8 Å². The van der Waals surface area contributed by atoms with E-state index in [1.165, 1.54) is 24.9 Å². The zero-order chi connectivity index (χ0) is 27.3. The molecule has 0 bridgehead atoms. The van der Waals surface area contributed by atoms with E-state index in [2.05, 4.69) is 20.3 Å². The van der Waals surface area contributed by atoms with Crippen molar-refractivity contribution >= 4 is 23.1 Å². The van der Waals surface area contributed by atoms with Crippen molar-refractivity contribution in [2.45, 2.75) is 57.0 Å². The van der Waals surface area contributed by atoms with Crippen LogP contribution in [0.5, 0.6) is 0 Å². The number of carbonyl (C=O) groups excluding carboxylic acids is 2. The number of rotatable bonds is 7. The third-order valence-corrected chi connectivity index (χ3v) is 8.18. The molecular weight excluding hydrogens is 503 g/mol. The number of aliphatic hydroxyl groups is 1. The molecule has 6 rings (SSSR count). The average Bonchev–Trinajstić information content (AvgIpc) is 3.43. The summed E-state index contributed by atoms with van der Waals surface area (Å²) in [6, 6.07) is 5.94. The van der Waals surface area contributed by atoms with Crippen molar-refractivity contribution in [2.24, 2.45) is 0 Å². The molecule has 0 aliphatic carbocycles. The van der Waals surface area contributed by atoms with Gasteiger partial charge in [0.15, 0.2) is 5.65 Å². The first-order valence-corrected chi connectivity index (χ1v) is 13.4. The van der Waals surface area contributed by atoms with Gasteiger partial charge in [-0.15, -0.1) is 0 Å². The molecule has 5 heterocycles. The normalized spacial score (nSPS) is 19.8. The number of halogens is 1. The molecule has 3 aromatic rings. The van der Waals surface area contributed by atoms with Crippen LogP contribution in [-0.2, 0) is 11.3 Å². The minimum Gasteiger partial charge on any atom is -0.387 e. The summed E-state index contributed by atoms with van der Waals surface area (Å²) in [6.07, 6.45) is 5.03. The van der Waals surface area contributed by atoms with Gasteiger partial charge in [0.05, 0.1) is 37.6 Å². The Morgan fingerprint density at radius 3 is 2.74 bits per heavy atom. The number of aromatic nitrogens is 3. The summed E-state index contributed by atoms with van der Waals surface area (Å²) < 4.78 is 21.6. The first-order chi connectivity index (χ1) is 18.7. The fourth-order valence-electron chi connectivity index (χ4n) is 5.64. The summed E-state index contributed by atoms with van der Waals surface area (Å²) >= 11 is 0. The van der Waals surface area contributed by atoms with Gasteiger partial charge in [0.1, 0.15) is 11.7 Å². The summed E-state index contributed by atoms with van der Waals surface area (Å²) in [7, 11) is 0. The fourth-order valence-corrected chi connectivity index (χ4v) is 5.64. The molecule has 0 saturated carbocycles. The molecule has 2 aromatic heterocycles. The Hall–Kier alpha value is -3.41. The Bertz CT molecular complexity index is 1410. The number of benzene rings is 1. The minimum atomic E-state index is -1.59. The minimum absolute atomic E-state index is 0.150. The predicted molar refractivity (Wildman–Crippen MR) is 141 cm³/mol. The van der Waals surface area contributed by atoms with E-state index in [4.69, 9.17) is 4.74 Å². The number of hydrogen-bond acceptors (Lipinski definition) is 7. The summed E-state index contributed by atoms with van der Waals surface area (Å²) in [4.78, 5) is 34.9. The maximum absolute atomic E-state index is 14.7. The molecule has 2 amide bonds. The van der Waals surface area contributed by atoms with E-state index in [1.54, 1.807) is 23.0 Å². The molecule has 0 radical (unpaired) electrons. The first-order valence-electron chi connectivity index (χ1n) is 13.4. The molecular formula is C28H33FN6O4. The van der Waals surface area contributed by atoms with Crippen LogP contribution in [0.1, 0.15) is 64.4 Å². The third kappa shape index (κ3) is 4.90. The number of amides is 2. The van der Waals surface area contributed by atoms with Gasteiger partial charge in [-0.25, -0.2) is 13.9 Å². The fraction of sp³-hybridized carbons (Fsp3) is 0.500. The summed E-state index contributed by atoms with van der Waals surface area (Å²) in [5.41, 5.74) is 2.06.